The standard InChI is InChI=1S/C15H11N3O3/c16-8-5-6-11(12(19)7-8)13(17)18-14(20)9-3-1-2-4-10(9)15(18)21/h1-7,17,19H,16H2/p+1. The highest BCUT2D eigenvalue weighted by Gasteiger charge is 2.39. The molecule has 0 unspecified atom stereocenters. The summed E-state index contributed by atoms with van der Waals surface area (Å²) in [5, 5.41) is 15.9. The molecule has 2 aromatic carbocycles. The van der Waals surface area contributed by atoms with Crippen molar-refractivity contribution < 1.29 is 14.7 Å². The van der Waals surface area contributed by atoms with E-state index in [9.17, 15) is 9.59 Å². The number of nitrogens with zero attached hydrogens (tertiary/aromatic N) is 1. The minimum absolute atomic E-state index is 0.00319. The zero-order valence-electron chi connectivity index (χ0n) is 10.9. The number of rotatable bonds is 1. The fraction of sp³-hybridized carbons (Fsp3) is 0. The largest absolute Gasteiger partial charge is 0.593 e. The van der Waals surface area contributed by atoms with Gasteiger partial charge in [-0.3, -0.25) is 15.0 Å². The molecule has 3 rings (SSSR count). The van der Waals surface area contributed by atoms with Gasteiger partial charge < -0.3 is 10.8 Å². The molecule has 0 spiro atoms. The molecule has 2 amide bonds. The van der Waals surface area contributed by atoms with Crippen LogP contribution in [0.2, 0.25) is 0 Å². The molecule has 0 saturated heterocycles. The Morgan fingerprint density at radius 3 is 2.14 bits per heavy atom. The summed E-state index contributed by atoms with van der Waals surface area (Å²) in [5.74, 6) is -1.41. The Labute approximate surface area is 119 Å². The van der Waals surface area contributed by atoms with E-state index in [4.69, 9.17) is 16.2 Å². The summed E-state index contributed by atoms with van der Waals surface area (Å²) in [7, 11) is 0. The van der Waals surface area contributed by atoms with Gasteiger partial charge in [0.1, 0.15) is 5.56 Å². The maximum Gasteiger partial charge on any atom is 0.267 e. The minimum atomic E-state index is -0.545. The van der Waals surface area contributed by atoms with Crippen LogP contribution >= 0.6 is 0 Å². The van der Waals surface area contributed by atoms with Crippen LogP contribution in [0.25, 0.3) is 0 Å². The normalized spacial score (nSPS) is 13.4. The third-order valence-electron chi connectivity index (χ3n) is 3.32. The summed E-state index contributed by atoms with van der Waals surface area (Å²) in [6.45, 7) is 0. The highest BCUT2D eigenvalue weighted by molar-refractivity contribution is 6.32. The van der Waals surface area contributed by atoms with Crippen LogP contribution < -0.4 is 5.73 Å². The Hall–Kier alpha value is -3.15. The van der Waals surface area contributed by atoms with Gasteiger partial charge >= 0.3 is 0 Å². The number of imide groups is 1. The number of benzene rings is 2. The van der Waals surface area contributed by atoms with Crippen LogP contribution in [0.15, 0.2) is 42.5 Å². The van der Waals surface area contributed by atoms with Crippen molar-refractivity contribution in [1.82, 2.24) is 4.90 Å². The summed E-state index contributed by atoms with van der Waals surface area (Å²) in [5.41, 5.74) is 6.68. The Bertz CT molecular complexity index is 764. The first kappa shape index (κ1) is 12.9. The number of fused-ring (bicyclic) bond motifs is 1. The molecule has 1 heterocycles. The summed E-state index contributed by atoms with van der Waals surface area (Å²) in [6.07, 6.45) is 0. The quantitative estimate of drug-likeness (QED) is 0.270. The van der Waals surface area contributed by atoms with Crippen molar-refractivity contribution >= 4 is 23.3 Å². The molecule has 1 aliphatic rings. The van der Waals surface area contributed by atoms with Crippen molar-refractivity contribution in [3.05, 3.63) is 59.2 Å². The molecule has 0 radical (unpaired) electrons. The summed E-state index contributed by atoms with van der Waals surface area (Å²) in [4.78, 5) is 25.3. The second-order valence-corrected chi connectivity index (χ2v) is 4.64. The number of carbonyl (C=O) groups is 2. The third kappa shape index (κ3) is 1.85. The topological polar surface area (TPSA) is 110 Å². The van der Waals surface area contributed by atoms with Gasteiger partial charge in [-0.15, -0.1) is 0 Å². The van der Waals surface area contributed by atoms with Crippen LogP contribution in [0, 0.1) is 5.41 Å². The van der Waals surface area contributed by atoms with Crippen molar-refractivity contribution in [2.45, 2.75) is 0 Å². The predicted molar refractivity (Wildman–Crippen MR) is 77.7 cm³/mol. The Morgan fingerprint density at radius 2 is 1.62 bits per heavy atom. The van der Waals surface area contributed by atoms with E-state index in [1.165, 1.54) is 18.2 Å². The van der Waals surface area contributed by atoms with E-state index in [-0.39, 0.29) is 28.3 Å². The second-order valence-electron chi connectivity index (χ2n) is 4.64. The number of amides is 2. The minimum Gasteiger partial charge on any atom is -0.593 e. The highest BCUT2D eigenvalue weighted by atomic mass is 16.3. The molecule has 5 N–H and O–H groups in total. The third-order valence-corrected chi connectivity index (χ3v) is 3.32. The lowest BCUT2D eigenvalue weighted by atomic mass is 10.1. The number of nitrogens with two attached hydrogens (primary N) is 1. The Kier molecular flexibility index (Phi) is 2.72. The molecule has 0 atom stereocenters. The van der Waals surface area contributed by atoms with Crippen molar-refractivity contribution in [3.8, 4) is 5.75 Å². The van der Waals surface area contributed by atoms with Gasteiger partial charge in [-0.05, 0) is 24.3 Å². The molecule has 0 aromatic heterocycles. The number of nitrogens with one attached hydrogen (secondary N) is 1. The fourth-order valence-electron chi connectivity index (χ4n) is 2.28. The van der Waals surface area contributed by atoms with Crippen molar-refractivity contribution in [2.75, 3.05) is 5.73 Å². The Morgan fingerprint density at radius 1 is 1.05 bits per heavy atom. The van der Waals surface area contributed by atoms with E-state index < -0.39 is 11.8 Å². The molecule has 104 valence electrons. The van der Waals surface area contributed by atoms with Gasteiger partial charge in [0.2, 0.25) is 0 Å². The van der Waals surface area contributed by atoms with E-state index >= 15 is 0 Å². The molecule has 2 aromatic rings. The number of anilines is 1. The monoisotopic (exact) mass is 282 g/mol. The SMILES string of the molecule is N=C(c1ccc(N)cc1[OH2+])N1C(=O)c2ccccc2C1=O. The molecule has 0 saturated carbocycles. The average molecular weight is 282 g/mol. The van der Waals surface area contributed by atoms with Crippen LogP contribution in [0.3, 0.4) is 0 Å². The fourth-order valence-corrected chi connectivity index (χ4v) is 2.28. The molecule has 6 heteroatoms. The van der Waals surface area contributed by atoms with Gasteiger partial charge in [0.25, 0.3) is 17.6 Å². The second kappa shape index (κ2) is 4.45. The lowest BCUT2D eigenvalue weighted by Gasteiger charge is -2.14. The number of hydrogen-bond acceptors (Lipinski definition) is 4. The lowest BCUT2D eigenvalue weighted by Crippen LogP contribution is -2.36. The maximum atomic E-state index is 12.3. The average Bonchev–Trinajstić information content (AvgIpc) is 2.71. The van der Waals surface area contributed by atoms with E-state index in [1.54, 1.807) is 24.3 Å². The first-order valence-corrected chi connectivity index (χ1v) is 6.18. The molecular formula is C15H12N3O3+. The number of amidine groups is 1. The van der Waals surface area contributed by atoms with Gasteiger partial charge in [0, 0.05) is 5.69 Å². The van der Waals surface area contributed by atoms with E-state index in [0.29, 0.717) is 5.69 Å². The Balaban J connectivity index is 2.04. The van der Waals surface area contributed by atoms with Crippen LogP contribution in [0.1, 0.15) is 26.3 Å². The van der Waals surface area contributed by atoms with Crippen molar-refractivity contribution in [3.63, 3.8) is 0 Å². The van der Waals surface area contributed by atoms with Gasteiger partial charge in [0.05, 0.1) is 17.2 Å². The van der Waals surface area contributed by atoms with Crippen LogP contribution in [-0.4, -0.2) is 27.7 Å². The summed E-state index contributed by atoms with van der Waals surface area (Å²) >= 11 is 0. The predicted octanol–water partition coefficient (Wildman–Crippen LogP) is 1.33. The lowest BCUT2D eigenvalue weighted by molar-refractivity contribution is 0.0748. The van der Waals surface area contributed by atoms with Gasteiger partial charge in [-0.2, -0.15) is 0 Å². The molecule has 0 bridgehead atoms. The molecule has 21 heavy (non-hydrogen) atoms. The maximum absolute atomic E-state index is 12.3. The number of carbonyl (C=O) groups excluding carboxylic acids is 2. The summed E-state index contributed by atoms with van der Waals surface area (Å²) in [6, 6.07) is 10.8. The molecular weight excluding hydrogens is 270 g/mol. The van der Waals surface area contributed by atoms with E-state index in [0.717, 1.165) is 4.90 Å². The van der Waals surface area contributed by atoms with Crippen molar-refractivity contribution in [1.29, 1.82) is 5.41 Å². The summed E-state index contributed by atoms with van der Waals surface area (Å²) < 4.78 is 0. The van der Waals surface area contributed by atoms with Crippen molar-refractivity contribution in [2.24, 2.45) is 0 Å². The van der Waals surface area contributed by atoms with Gasteiger partial charge in [-0.25, -0.2) is 4.90 Å². The van der Waals surface area contributed by atoms with E-state index in [1.807, 2.05) is 0 Å². The van der Waals surface area contributed by atoms with Crippen LogP contribution in [-0.2, 0) is 0 Å². The van der Waals surface area contributed by atoms with Gasteiger partial charge in [-0.1, -0.05) is 12.1 Å². The van der Waals surface area contributed by atoms with Crippen LogP contribution in [0.5, 0.6) is 5.75 Å². The molecule has 6 nitrogen and oxygen atoms in total. The first-order chi connectivity index (χ1) is 10.0. The zero-order valence-corrected chi connectivity index (χ0v) is 10.9. The highest BCUT2D eigenvalue weighted by Crippen LogP contribution is 2.27. The smallest absolute Gasteiger partial charge is 0.267 e. The molecule has 1 aliphatic heterocycles. The van der Waals surface area contributed by atoms with E-state index in [2.05, 4.69) is 0 Å². The molecule has 0 fully saturated rings. The number of nitrogen functional groups attached to an aromatic ring is 1. The number of hydrogen-bond donors (Lipinski definition) is 2. The molecule has 0 aliphatic carbocycles. The van der Waals surface area contributed by atoms with Crippen LogP contribution in [0.4, 0.5) is 5.69 Å². The zero-order chi connectivity index (χ0) is 15.1. The van der Waals surface area contributed by atoms with Gasteiger partial charge in [0.15, 0.2) is 5.84 Å². The first-order valence-electron chi connectivity index (χ1n) is 6.18.